The van der Waals surface area contributed by atoms with Crippen molar-refractivity contribution in [2.24, 2.45) is 0 Å². The van der Waals surface area contributed by atoms with Crippen LogP contribution in [-0.2, 0) is 17.4 Å². The van der Waals surface area contributed by atoms with Crippen molar-refractivity contribution in [3.63, 3.8) is 0 Å². The largest absolute Gasteiger partial charge is 1.00 e. The molecule has 0 aromatic heterocycles. The summed E-state index contributed by atoms with van der Waals surface area (Å²) in [7, 11) is 0. The minimum absolute atomic E-state index is 0. The Morgan fingerprint density at radius 2 is 1.05 bits per heavy atom. The minimum atomic E-state index is -1.83. The summed E-state index contributed by atoms with van der Waals surface area (Å²) in [4.78, 5) is 0. The molecule has 0 heterocycles. The summed E-state index contributed by atoms with van der Waals surface area (Å²) in [5, 5.41) is 0. The Balaban J connectivity index is 0.00000202. The van der Waals surface area contributed by atoms with E-state index < -0.39 is 17.4 Å². The monoisotopic (exact) mass is 626 g/mol. The molecule has 0 aliphatic heterocycles. The zero-order valence-electron chi connectivity index (χ0n) is 26.0. The van der Waals surface area contributed by atoms with E-state index in [1.807, 2.05) is 0 Å². The van der Waals surface area contributed by atoms with E-state index in [0.717, 1.165) is 6.42 Å². The van der Waals surface area contributed by atoms with Crippen LogP contribution >= 0.6 is 0 Å². The number of allylic oxidation sites excluding steroid dienone is 4. The summed E-state index contributed by atoms with van der Waals surface area (Å²) in [5.41, 5.74) is 19.6. The maximum atomic E-state index is 2.56. The molecule has 0 atom stereocenters. The van der Waals surface area contributed by atoms with E-state index in [4.69, 9.17) is 0 Å². The van der Waals surface area contributed by atoms with Gasteiger partial charge in [-0.25, -0.2) is 0 Å². The SMILES string of the molecule is C[C](C)=[Ti+2]([C]1=CC=CC1)[CH]1c2cc(-c3c(C)cc(C)cc3C)ccc2-c2ccc(-c3c(C)cc(C)cc3C)cc21.[Cl-].[Cl-]. The topological polar surface area (TPSA) is 0 Å². The molecule has 6 rings (SSSR count). The van der Waals surface area contributed by atoms with Crippen LogP contribution in [0.5, 0.6) is 0 Å². The average Bonchev–Trinajstić information content (AvgIpc) is 3.50. The summed E-state index contributed by atoms with van der Waals surface area (Å²) in [5.74, 6) is 0. The maximum Gasteiger partial charge on any atom is -1.00 e. The Kier molecular flexibility index (Phi) is 9.76. The van der Waals surface area contributed by atoms with Crippen molar-refractivity contribution in [2.75, 3.05) is 0 Å². The predicted octanol–water partition coefficient (Wildman–Crippen LogP) is 4.62. The first-order valence-electron chi connectivity index (χ1n) is 14.6. The van der Waals surface area contributed by atoms with E-state index in [9.17, 15) is 0 Å². The van der Waals surface area contributed by atoms with Gasteiger partial charge in [-0.3, -0.25) is 0 Å². The summed E-state index contributed by atoms with van der Waals surface area (Å²) in [6.07, 6.45) is 8.20. The number of hydrogen-bond donors (Lipinski definition) is 0. The molecule has 0 unspecified atom stereocenters. The molecule has 0 nitrogen and oxygen atoms in total. The molecule has 0 amide bonds. The van der Waals surface area contributed by atoms with E-state index in [0.29, 0.717) is 4.22 Å². The molecule has 0 spiro atoms. The van der Waals surface area contributed by atoms with Crippen molar-refractivity contribution in [3.05, 3.63) is 127 Å². The summed E-state index contributed by atoms with van der Waals surface area (Å²) in [6, 6.07) is 24.0. The molecule has 4 aromatic carbocycles. The number of hydrogen-bond acceptors (Lipinski definition) is 0. The molecule has 2 aliphatic carbocycles. The van der Waals surface area contributed by atoms with Crippen LogP contribution < -0.4 is 24.8 Å². The van der Waals surface area contributed by atoms with Gasteiger partial charge in [0.15, 0.2) is 0 Å². The van der Waals surface area contributed by atoms with Crippen LogP contribution in [0.2, 0.25) is 0 Å². The van der Waals surface area contributed by atoms with Gasteiger partial charge in [-0.05, 0) is 0 Å². The second-order valence-electron chi connectivity index (χ2n) is 12.3. The van der Waals surface area contributed by atoms with E-state index >= 15 is 0 Å². The number of benzene rings is 4. The zero-order chi connectivity index (χ0) is 28.3. The molecule has 214 valence electrons. The van der Waals surface area contributed by atoms with Crippen molar-refractivity contribution >= 4 is 3.81 Å². The maximum absolute atomic E-state index is 2.56. The Morgan fingerprint density at radius 1 is 0.619 bits per heavy atom. The Hall–Kier alpha value is -2.48. The van der Waals surface area contributed by atoms with Gasteiger partial charge >= 0.3 is 248 Å². The molecule has 0 saturated heterocycles. The number of fused-ring (bicyclic) bond motifs is 3. The molecule has 0 fully saturated rings. The van der Waals surface area contributed by atoms with E-state index in [-0.39, 0.29) is 24.8 Å². The molecule has 2 aliphatic rings. The van der Waals surface area contributed by atoms with Crippen molar-refractivity contribution in [1.29, 1.82) is 0 Å². The molecule has 0 bridgehead atoms. The molecule has 3 heteroatoms. The zero-order valence-corrected chi connectivity index (χ0v) is 29.1. The van der Waals surface area contributed by atoms with Crippen molar-refractivity contribution in [3.8, 4) is 33.4 Å². The summed E-state index contributed by atoms with van der Waals surface area (Å²) < 4.78 is 3.82. The van der Waals surface area contributed by atoms with Crippen LogP contribution in [0, 0.1) is 41.5 Å². The van der Waals surface area contributed by atoms with Crippen LogP contribution in [-0.4, -0.2) is 3.81 Å². The van der Waals surface area contributed by atoms with Gasteiger partial charge in [-0.2, -0.15) is 0 Å². The number of aryl methyl sites for hydroxylation is 6. The van der Waals surface area contributed by atoms with E-state index in [2.05, 4.69) is 134 Å². The second kappa shape index (κ2) is 12.6. The third kappa shape index (κ3) is 5.60. The van der Waals surface area contributed by atoms with Crippen molar-refractivity contribution < 1.29 is 42.2 Å². The second-order valence-corrected chi connectivity index (χ2v) is 17.1. The molecular formula is C39H40Cl2Ti. The Bertz CT molecular complexity index is 1640. The van der Waals surface area contributed by atoms with Crippen LogP contribution in [0.3, 0.4) is 0 Å². The standard InChI is InChI=1S/C31H29.C5H5.C3H6.2ClH.Ti/c1-18-11-20(3)30(21(4)12-18)24-7-9-28-26(15-24)17-27-16-25(8-10-29(27)28)31-22(5)13-19(2)14-23(31)6;1-2-4-5-3-1;1-3-2;;;/h7-17H,1-6H3;1-3H,4H2;1-2H3;2*1H;/q;;;;;+2/p-2. The Labute approximate surface area is 271 Å². The fraction of sp³-hybridized carbons (Fsp3) is 0.256. The smallest absolute Gasteiger partial charge is 1.00 e. The summed E-state index contributed by atoms with van der Waals surface area (Å²) >= 11 is -1.83. The number of rotatable bonds is 4. The predicted molar refractivity (Wildman–Crippen MR) is 171 cm³/mol. The molecule has 0 radical (unpaired) electrons. The first kappa shape index (κ1) is 32.4. The molecule has 0 saturated carbocycles. The van der Waals surface area contributed by atoms with Crippen LogP contribution in [0.4, 0.5) is 0 Å². The first-order valence-corrected chi connectivity index (χ1v) is 17.1. The van der Waals surface area contributed by atoms with Crippen LogP contribution in [0.1, 0.15) is 69.0 Å². The van der Waals surface area contributed by atoms with Gasteiger partial charge in [-0.15, -0.1) is 0 Å². The van der Waals surface area contributed by atoms with E-state index in [1.54, 1.807) is 18.8 Å². The quantitative estimate of drug-likeness (QED) is 0.290. The van der Waals surface area contributed by atoms with E-state index in [1.165, 1.54) is 66.8 Å². The van der Waals surface area contributed by atoms with Gasteiger partial charge in [0.1, 0.15) is 0 Å². The normalized spacial score (nSPS) is 13.0. The average molecular weight is 628 g/mol. The van der Waals surface area contributed by atoms with Gasteiger partial charge in [-0.1, -0.05) is 0 Å². The molecule has 4 aromatic rings. The third-order valence-corrected chi connectivity index (χ3v) is 14.1. The van der Waals surface area contributed by atoms with Gasteiger partial charge in [0.2, 0.25) is 0 Å². The van der Waals surface area contributed by atoms with Crippen LogP contribution in [0.15, 0.2) is 82.8 Å². The fourth-order valence-electron chi connectivity index (χ4n) is 7.60. The fourth-order valence-corrected chi connectivity index (χ4v) is 12.8. The Morgan fingerprint density at radius 3 is 1.40 bits per heavy atom. The number of halogens is 2. The van der Waals surface area contributed by atoms with Gasteiger partial charge < -0.3 is 24.8 Å². The van der Waals surface area contributed by atoms with Gasteiger partial charge in [0, 0.05) is 0 Å². The summed E-state index contributed by atoms with van der Waals surface area (Å²) in [6.45, 7) is 18.3. The molecular weight excluding hydrogens is 587 g/mol. The van der Waals surface area contributed by atoms with Crippen molar-refractivity contribution in [2.45, 2.75) is 66.0 Å². The molecule has 0 N–H and O–H groups in total. The van der Waals surface area contributed by atoms with Crippen LogP contribution in [0.25, 0.3) is 33.4 Å². The third-order valence-electron chi connectivity index (χ3n) is 8.89. The minimum Gasteiger partial charge on any atom is -1.00 e. The molecule has 42 heavy (non-hydrogen) atoms. The van der Waals surface area contributed by atoms with Gasteiger partial charge in [0.25, 0.3) is 0 Å². The van der Waals surface area contributed by atoms with Crippen molar-refractivity contribution in [1.82, 2.24) is 0 Å². The van der Waals surface area contributed by atoms with Gasteiger partial charge in [0.05, 0.1) is 0 Å². The first-order chi connectivity index (χ1) is 19.1.